The van der Waals surface area contributed by atoms with Gasteiger partial charge in [-0.15, -0.1) is 11.3 Å². The fourth-order valence-corrected chi connectivity index (χ4v) is 4.87. The number of para-hydroxylation sites is 1. The Morgan fingerprint density at radius 3 is 2.70 bits per heavy atom. The maximum Gasteiger partial charge on any atom is 0.263 e. The van der Waals surface area contributed by atoms with Crippen molar-refractivity contribution < 1.29 is 14.3 Å². The number of nitrogens with one attached hydrogen (secondary N) is 1. The summed E-state index contributed by atoms with van der Waals surface area (Å²) in [4.78, 5) is 28.9. The SMILES string of the molecule is CC(C)NC(=O)C1CCN(C(=O)c2cc3c(s2)-c2ccccc2OC3)CC1. The lowest BCUT2D eigenvalue weighted by Crippen LogP contribution is -2.44. The standard InChI is InChI=1S/C21H24N2O3S/c1-13(2)22-20(24)14-7-9-23(10-8-14)21(25)18-11-15-12-26-17-6-4-3-5-16(17)19(15)27-18/h3-6,11,13-14H,7-10,12H2,1-2H3,(H,22,24). The van der Waals surface area contributed by atoms with Gasteiger partial charge in [0.15, 0.2) is 0 Å². The fraction of sp³-hybridized carbons (Fsp3) is 0.429. The van der Waals surface area contributed by atoms with Crippen molar-refractivity contribution in [1.82, 2.24) is 10.2 Å². The minimum absolute atomic E-state index is 0.00766. The predicted molar refractivity (Wildman–Crippen MR) is 106 cm³/mol. The van der Waals surface area contributed by atoms with E-state index in [1.807, 2.05) is 49.1 Å². The molecule has 1 aromatic heterocycles. The van der Waals surface area contributed by atoms with E-state index in [1.165, 1.54) is 0 Å². The molecule has 142 valence electrons. The van der Waals surface area contributed by atoms with Gasteiger partial charge in [-0.2, -0.15) is 0 Å². The number of rotatable bonds is 3. The summed E-state index contributed by atoms with van der Waals surface area (Å²) in [5.74, 6) is 1.06. The Hall–Kier alpha value is -2.34. The van der Waals surface area contributed by atoms with Crippen LogP contribution in [0, 0.1) is 5.92 Å². The van der Waals surface area contributed by atoms with E-state index in [2.05, 4.69) is 5.32 Å². The zero-order chi connectivity index (χ0) is 19.0. The van der Waals surface area contributed by atoms with E-state index in [9.17, 15) is 9.59 Å². The number of piperidine rings is 1. The molecular weight excluding hydrogens is 360 g/mol. The molecule has 0 bridgehead atoms. The van der Waals surface area contributed by atoms with Gasteiger partial charge in [-0.05, 0) is 44.9 Å². The lowest BCUT2D eigenvalue weighted by Gasteiger charge is -2.31. The zero-order valence-electron chi connectivity index (χ0n) is 15.7. The maximum atomic E-state index is 13.0. The average Bonchev–Trinajstić information content (AvgIpc) is 3.12. The van der Waals surface area contributed by atoms with Gasteiger partial charge in [0, 0.05) is 41.1 Å². The van der Waals surface area contributed by atoms with Crippen LogP contribution < -0.4 is 10.1 Å². The van der Waals surface area contributed by atoms with Crippen LogP contribution in [0.3, 0.4) is 0 Å². The topological polar surface area (TPSA) is 58.6 Å². The largest absolute Gasteiger partial charge is 0.488 e. The van der Waals surface area contributed by atoms with Gasteiger partial charge in [0.25, 0.3) is 5.91 Å². The molecule has 1 N–H and O–H groups in total. The molecule has 1 saturated heterocycles. The fourth-order valence-electron chi connectivity index (χ4n) is 3.71. The molecule has 2 aliphatic heterocycles. The van der Waals surface area contributed by atoms with Crippen LogP contribution in [-0.2, 0) is 11.4 Å². The van der Waals surface area contributed by atoms with E-state index in [0.29, 0.717) is 19.7 Å². The van der Waals surface area contributed by atoms with Crippen LogP contribution in [-0.4, -0.2) is 35.8 Å². The van der Waals surface area contributed by atoms with E-state index in [4.69, 9.17) is 4.74 Å². The van der Waals surface area contributed by atoms with E-state index in [1.54, 1.807) is 11.3 Å². The molecular formula is C21H24N2O3S. The van der Waals surface area contributed by atoms with Crippen molar-refractivity contribution in [2.75, 3.05) is 13.1 Å². The molecule has 3 heterocycles. The molecule has 27 heavy (non-hydrogen) atoms. The Morgan fingerprint density at radius 2 is 1.96 bits per heavy atom. The van der Waals surface area contributed by atoms with E-state index >= 15 is 0 Å². The minimum atomic E-state index is 0.00766. The molecule has 2 aliphatic rings. The Morgan fingerprint density at radius 1 is 1.22 bits per heavy atom. The monoisotopic (exact) mass is 384 g/mol. The van der Waals surface area contributed by atoms with Crippen molar-refractivity contribution in [2.45, 2.75) is 39.3 Å². The summed E-state index contributed by atoms with van der Waals surface area (Å²) >= 11 is 1.54. The number of nitrogens with zero attached hydrogens (tertiary/aromatic N) is 1. The Balaban J connectivity index is 1.45. The molecule has 2 aromatic rings. The van der Waals surface area contributed by atoms with Crippen molar-refractivity contribution >= 4 is 23.2 Å². The van der Waals surface area contributed by atoms with E-state index in [-0.39, 0.29) is 23.8 Å². The molecule has 0 aliphatic carbocycles. The highest BCUT2D eigenvalue weighted by Crippen LogP contribution is 2.42. The van der Waals surface area contributed by atoms with Crippen molar-refractivity contribution in [3.05, 3.63) is 40.8 Å². The summed E-state index contributed by atoms with van der Waals surface area (Å²) < 4.78 is 5.80. The highest BCUT2D eigenvalue weighted by Gasteiger charge is 2.30. The first-order valence-corrected chi connectivity index (χ1v) is 10.3. The third-order valence-electron chi connectivity index (χ3n) is 5.12. The summed E-state index contributed by atoms with van der Waals surface area (Å²) in [6, 6.07) is 10.1. The van der Waals surface area contributed by atoms with Gasteiger partial charge >= 0.3 is 0 Å². The smallest absolute Gasteiger partial charge is 0.263 e. The number of likely N-dealkylation sites (tertiary alicyclic amines) is 1. The summed E-state index contributed by atoms with van der Waals surface area (Å²) in [7, 11) is 0. The number of carbonyl (C=O) groups excluding carboxylic acids is 2. The first-order chi connectivity index (χ1) is 13.0. The van der Waals surface area contributed by atoms with Crippen LogP contribution >= 0.6 is 11.3 Å². The van der Waals surface area contributed by atoms with Crippen LogP contribution in [0.2, 0.25) is 0 Å². The average molecular weight is 385 g/mol. The van der Waals surface area contributed by atoms with Crippen LogP contribution in [0.15, 0.2) is 30.3 Å². The Bertz CT molecular complexity index is 866. The van der Waals surface area contributed by atoms with Crippen molar-refractivity contribution in [3.8, 4) is 16.2 Å². The molecule has 0 spiro atoms. The van der Waals surface area contributed by atoms with Crippen LogP contribution in [0.5, 0.6) is 5.75 Å². The van der Waals surface area contributed by atoms with E-state index in [0.717, 1.165) is 39.5 Å². The summed E-state index contributed by atoms with van der Waals surface area (Å²) in [6.45, 7) is 5.71. The second-order valence-electron chi connectivity index (χ2n) is 7.48. The van der Waals surface area contributed by atoms with Gasteiger partial charge in [-0.25, -0.2) is 0 Å². The Kier molecular flexibility index (Phi) is 4.91. The lowest BCUT2D eigenvalue weighted by atomic mass is 9.95. The third-order valence-corrected chi connectivity index (χ3v) is 6.32. The minimum Gasteiger partial charge on any atom is -0.488 e. The van der Waals surface area contributed by atoms with Gasteiger partial charge in [0.05, 0.1) is 4.88 Å². The molecule has 0 atom stereocenters. The second kappa shape index (κ2) is 7.35. The van der Waals surface area contributed by atoms with Gasteiger partial charge in [0.1, 0.15) is 12.4 Å². The van der Waals surface area contributed by atoms with Crippen molar-refractivity contribution in [3.63, 3.8) is 0 Å². The van der Waals surface area contributed by atoms with Crippen LogP contribution in [0.4, 0.5) is 0 Å². The van der Waals surface area contributed by atoms with Gasteiger partial charge in [0.2, 0.25) is 5.91 Å². The lowest BCUT2D eigenvalue weighted by molar-refractivity contribution is -0.126. The summed E-state index contributed by atoms with van der Waals surface area (Å²) in [5, 5.41) is 2.98. The van der Waals surface area contributed by atoms with Crippen LogP contribution in [0.1, 0.15) is 41.9 Å². The van der Waals surface area contributed by atoms with Gasteiger partial charge < -0.3 is 15.0 Å². The molecule has 0 saturated carbocycles. The summed E-state index contributed by atoms with van der Waals surface area (Å²) in [6.07, 6.45) is 1.45. The normalized spacial score (nSPS) is 16.5. The summed E-state index contributed by atoms with van der Waals surface area (Å²) in [5.41, 5.74) is 2.14. The number of hydrogen-bond donors (Lipinski definition) is 1. The second-order valence-corrected chi connectivity index (χ2v) is 8.53. The molecule has 1 fully saturated rings. The number of hydrogen-bond acceptors (Lipinski definition) is 4. The van der Waals surface area contributed by atoms with Crippen molar-refractivity contribution in [2.24, 2.45) is 5.92 Å². The Labute approximate surface area is 163 Å². The number of carbonyl (C=O) groups is 2. The van der Waals surface area contributed by atoms with Gasteiger partial charge in [-0.1, -0.05) is 12.1 Å². The third kappa shape index (κ3) is 3.58. The number of benzene rings is 1. The number of fused-ring (bicyclic) bond motifs is 3. The predicted octanol–water partition coefficient (Wildman–Crippen LogP) is 3.68. The number of amides is 2. The molecule has 1 aromatic carbocycles. The highest BCUT2D eigenvalue weighted by molar-refractivity contribution is 7.17. The quantitative estimate of drug-likeness (QED) is 0.878. The number of thiophene rings is 1. The highest BCUT2D eigenvalue weighted by atomic mass is 32.1. The van der Waals surface area contributed by atoms with E-state index < -0.39 is 0 Å². The maximum absolute atomic E-state index is 13.0. The molecule has 2 amide bonds. The zero-order valence-corrected chi connectivity index (χ0v) is 16.5. The molecule has 0 radical (unpaired) electrons. The molecule has 6 heteroatoms. The molecule has 4 rings (SSSR count). The number of ether oxygens (including phenoxy) is 1. The molecule has 0 unspecified atom stereocenters. The molecule has 5 nitrogen and oxygen atoms in total. The van der Waals surface area contributed by atoms with Crippen molar-refractivity contribution in [1.29, 1.82) is 0 Å². The first-order valence-electron chi connectivity index (χ1n) is 9.47. The van der Waals surface area contributed by atoms with Crippen LogP contribution in [0.25, 0.3) is 10.4 Å². The first kappa shape index (κ1) is 18.0. The van der Waals surface area contributed by atoms with Gasteiger partial charge in [-0.3, -0.25) is 9.59 Å².